The van der Waals surface area contributed by atoms with E-state index in [1.54, 1.807) is 0 Å². The molecule has 1 heterocycles. The zero-order chi connectivity index (χ0) is 9.10. The molecule has 0 unspecified atom stereocenters. The normalized spacial score (nSPS) is 14.7. The molecule has 1 aromatic rings. The van der Waals surface area contributed by atoms with E-state index in [0.717, 1.165) is 13.2 Å². The van der Waals surface area contributed by atoms with Crippen LogP contribution in [0.2, 0.25) is 0 Å². The smallest absolute Gasteiger partial charge is 0.0870 e. The van der Waals surface area contributed by atoms with E-state index in [-0.39, 0.29) is 0 Å². The summed E-state index contributed by atoms with van der Waals surface area (Å²) in [6, 6.07) is 8.63. The minimum absolute atomic E-state index is 0.925. The van der Waals surface area contributed by atoms with Gasteiger partial charge in [0.2, 0.25) is 0 Å². The van der Waals surface area contributed by atoms with Gasteiger partial charge in [0.25, 0.3) is 0 Å². The molecule has 13 heavy (non-hydrogen) atoms. The molecule has 0 saturated heterocycles. The second kappa shape index (κ2) is 3.52. The molecule has 1 aliphatic heterocycles. The van der Waals surface area contributed by atoms with Crippen molar-refractivity contribution in [1.29, 1.82) is 0 Å². The first-order chi connectivity index (χ1) is 6.34. The Bertz CT molecular complexity index is 318. The monoisotopic (exact) mass is 174 g/mol. The predicted octanol–water partition coefficient (Wildman–Crippen LogP) is 1.83. The van der Waals surface area contributed by atoms with E-state index in [1.807, 2.05) is 6.20 Å². The highest BCUT2D eigenvalue weighted by atomic mass is 15.2. The Balaban J connectivity index is 2.04. The molecule has 0 saturated carbocycles. The third-order valence-electron chi connectivity index (χ3n) is 2.17. The lowest BCUT2D eigenvalue weighted by Gasteiger charge is -2.14. The Morgan fingerprint density at radius 1 is 1.46 bits per heavy atom. The Morgan fingerprint density at radius 3 is 3.08 bits per heavy atom. The summed E-state index contributed by atoms with van der Waals surface area (Å²) < 4.78 is 0. The first-order valence-corrected chi connectivity index (χ1v) is 4.54. The van der Waals surface area contributed by atoms with Crippen molar-refractivity contribution >= 4 is 0 Å². The van der Waals surface area contributed by atoms with Gasteiger partial charge < -0.3 is 10.2 Å². The van der Waals surface area contributed by atoms with Gasteiger partial charge in [-0.1, -0.05) is 29.8 Å². The van der Waals surface area contributed by atoms with Crippen LogP contribution in [0.3, 0.4) is 0 Å². The molecule has 2 heteroatoms. The maximum Gasteiger partial charge on any atom is 0.0870 e. The molecule has 2 rings (SSSR count). The van der Waals surface area contributed by atoms with Crippen LogP contribution in [-0.2, 0) is 6.54 Å². The summed E-state index contributed by atoms with van der Waals surface area (Å²) in [7, 11) is 0. The number of rotatable bonds is 2. The van der Waals surface area contributed by atoms with Crippen LogP contribution in [-0.4, -0.2) is 11.6 Å². The topological polar surface area (TPSA) is 15.3 Å². The third-order valence-corrected chi connectivity index (χ3v) is 2.17. The Labute approximate surface area is 78.9 Å². The van der Waals surface area contributed by atoms with Crippen LogP contribution in [0.4, 0.5) is 0 Å². The van der Waals surface area contributed by atoms with Crippen molar-refractivity contribution in [2.75, 3.05) is 6.67 Å². The van der Waals surface area contributed by atoms with Crippen LogP contribution in [0.1, 0.15) is 11.1 Å². The molecule has 0 spiro atoms. The molecule has 1 aliphatic rings. The van der Waals surface area contributed by atoms with Crippen molar-refractivity contribution in [3.05, 3.63) is 47.8 Å². The van der Waals surface area contributed by atoms with E-state index in [9.17, 15) is 0 Å². The highest BCUT2D eigenvalue weighted by Crippen LogP contribution is 2.08. The number of hydrogen-bond acceptors (Lipinski definition) is 2. The molecule has 0 bridgehead atoms. The van der Waals surface area contributed by atoms with Gasteiger partial charge in [0.15, 0.2) is 0 Å². The van der Waals surface area contributed by atoms with Gasteiger partial charge in [-0.15, -0.1) is 0 Å². The maximum atomic E-state index is 3.15. The van der Waals surface area contributed by atoms with Crippen LogP contribution < -0.4 is 5.32 Å². The minimum atomic E-state index is 0.925. The molecule has 0 atom stereocenters. The predicted molar refractivity (Wildman–Crippen MR) is 53.9 cm³/mol. The Hall–Kier alpha value is -1.44. The standard InChI is InChI=1S/C11H14N2/c1-10-3-2-4-11(7-10)8-13-6-5-12-9-13/h2-7,12H,8-9H2,1H3. The molecule has 1 aromatic carbocycles. The Kier molecular flexibility index (Phi) is 2.21. The van der Waals surface area contributed by atoms with Gasteiger partial charge in [-0.05, 0) is 12.5 Å². The van der Waals surface area contributed by atoms with E-state index < -0.39 is 0 Å². The fourth-order valence-electron chi connectivity index (χ4n) is 1.53. The van der Waals surface area contributed by atoms with Gasteiger partial charge in [0.05, 0.1) is 6.67 Å². The fraction of sp³-hybridized carbons (Fsp3) is 0.273. The van der Waals surface area contributed by atoms with Crippen molar-refractivity contribution in [3.63, 3.8) is 0 Å². The zero-order valence-electron chi connectivity index (χ0n) is 7.83. The van der Waals surface area contributed by atoms with Crippen molar-refractivity contribution in [2.24, 2.45) is 0 Å². The van der Waals surface area contributed by atoms with Crippen molar-refractivity contribution in [1.82, 2.24) is 10.2 Å². The SMILES string of the molecule is Cc1cccc(CN2C=CNC2)c1. The molecule has 0 aromatic heterocycles. The highest BCUT2D eigenvalue weighted by molar-refractivity contribution is 5.22. The van der Waals surface area contributed by atoms with Crippen LogP contribution in [0.25, 0.3) is 0 Å². The number of hydrogen-bond donors (Lipinski definition) is 1. The van der Waals surface area contributed by atoms with Crippen molar-refractivity contribution < 1.29 is 0 Å². The Morgan fingerprint density at radius 2 is 2.38 bits per heavy atom. The third kappa shape index (κ3) is 2.02. The van der Waals surface area contributed by atoms with Gasteiger partial charge in [-0.25, -0.2) is 0 Å². The summed E-state index contributed by atoms with van der Waals surface area (Å²) in [6.07, 6.45) is 4.07. The number of aryl methyl sites for hydroxylation is 1. The fourth-order valence-corrected chi connectivity index (χ4v) is 1.53. The molecule has 2 nitrogen and oxygen atoms in total. The maximum absolute atomic E-state index is 3.15. The first kappa shape index (κ1) is 8.17. The highest BCUT2D eigenvalue weighted by Gasteiger charge is 2.03. The van der Waals surface area contributed by atoms with Crippen LogP contribution in [0, 0.1) is 6.92 Å². The summed E-state index contributed by atoms with van der Waals surface area (Å²) in [5, 5.41) is 3.15. The van der Waals surface area contributed by atoms with Crippen molar-refractivity contribution in [2.45, 2.75) is 13.5 Å². The van der Waals surface area contributed by atoms with Crippen LogP contribution in [0.15, 0.2) is 36.7 Å². The lowest BCUT2D eigenvalue weighted by molar-refractivity contribution is 0.385. The van der Waals surface area contributed by atoms with E-state index in [4.69, 9.17) is 0 Å². The first-order valence-electron chi connectivity index (χ1n) is 4.54. The largest absolute Gasteiger partial charge is 0.373 e. The lowest BCUT2D eigenvalue weighted by atomic mass is 10.1. The lowest BCUT2D eigenvalue weighted by Crippen LogP contribution is -2.19. The van der Waals surface area contributed by atoms with Gasteiger partial charge >= 0.3 is 0 Å². The van der Waals surface area contributed by atoms with Gasteiger partial charge in [-0.3, -0.25) is 0 Å². The average molecular weight is 174 g/mol. The van der Waals surface area contributed by atoms with Crippen molar-refractivity contribution in [3.8, 4) is 0 Å². The summed E-state index contributed by atoms with van der Waals surface area (Å²) in [5.41, 5.74) is 2.70. The van der Waals surface area contributed by atoms with Gasteiger partial charge in [0, 0.05) is 18.9 Å². The van der Waals surface area contributed by atoms with Gasteiger partial charge in [0.1, 0.15) is 0 Å². The number of benzene rings is 1. The molecule has 0 amide bonds. The summed E-state index contributed by atoms with van der Waals surface area (Å²) in [6.45, 7) is 4.04. The summed E-state index contributed by atoms with van der Waals surface area (Å²) in [5.74, 6) is 0. The quantitative estimate of drug-likeness (QED) is 0.735. The van der Waals surface area contributed by atoms with E-state index >= 15 is 0 Å². The molecule has 1 N–H and O–H groups in total. The minimum Gasteiger partial charge on any atom is -0.373 e. The van der Waals surface area contributed by atoms with Crippen LogP contribution in [0.5, 0.6) is 0 Å². The zero-order valence-corrected chi connectivity index (χ0v) is 7.83. The van der Waals surface area contributed by atoms with E-state index in [1.165, 1.54) is 11.1 Å². The summed E-state index contributed by atoms with van der Waals surface area (Å²) >= 11 is 0. The summed E-state index contributed by atoms with van der Waals surface area (Å²) in [4.78, 5) is 2.24. The molecular weight excluding hydrogens is 160 g/mol. The van der Waals surface area contributed by atoms with Gasteiger partial charge in [-0.2, -0.15) is 0 Å². The molecular formula is C11H14N2. The molecule has 0 aliphatic carbocycles. The van der Waals surface area contributed by atoms with Crippen LogP contribution >= 0.6 is 0 Å². The number of nitrogens with zero attached hydrogens (tertiary/aromatic N) is 1. The van der Waals surface area contributed by atoms with E-state index in [0.29, 0.717) is 0 Å². The average Bonchev–Trinajstić information content (AvgIpc) is 2.57. The van der Waals surface area contributed by atoms with E-state index in [2.05, 4.69) is 47.6 Å². The molecule has 0 fully saturated rings. The molecule has 0 radical (unpaired) electrons. The second-order valence-corrected chi connectivity index (χ2v) is 3.41. The second-order valence-electron chi connectivity index (χ2n) is 3.41. The number of nitrogens with one attached hydrogen (secondary N) is 1. The molecule has 68 valence electrons.